The van der Waals surface area contributed by atoms with Crippen molar-refractivity contribution in [1.82, 2.24) is 15.5 Å². The minimum Gasteiger partial charge on any atom is -0.497 e. The van der Waals surface area contributed by atoms with Gasteiger partial charge in [0.05, 0.1) is 19.7 Å². The number of urea groups is 1. The lowest BCUT2D eigenvalue weighted by molar-refractivity contribution is -0.125. The van der Waals surface area contributed by atoms with Gasteiger partial charge in [-0.1, -0.05) is 19.9 Å². The summed E-state index contributed by atoms with van der Waals surface area (Å²) in [5.41, 5.74) is 0.605. The number of nitrogens with zero attached hydrogens (tertiary/aromatic N) is 1. The third-order valence-electron chi connectivity index (χ3n) is 3.69. The van der Waals surface area contributed by atoms with Crippen LogP contribution in [0.5, 0.6) is 5.75 Å². The molecule has 0 saturated heterocycles. The Kier molecular flexibility index (Phi) is 8.57. The molecule has 0 radical (unpaired) electrons. The predicted molar refractivity (Wildman–Crippen MR) is 100 cm³/mol. The quantitative estimate of drug-likeness (QED) is 0.648. The molecule has 0 aliphatic heterocycles. The fourth-order valence-corrected chi connectivity index (χ4v) is 2.02. The highest BCUT2D eigenvalue weighted by Gasteiger charge is 2.21. The zero-order chi connectivity index (χ0) is 19.7. The maximum absolute atomic E-state index is 12.1. The van der Waals surface area contributed by atoms with E-state index in [-0.39, 0.29) is 18.4 Å². The minimum atomic E-state index is -0.643. The van der Waals surface area contributed by atoms with Crippen molar-refractivity contribution in [1.29, 1.82) is 0 Å². The molecule has 0 spiro atoms. The highest BCUT2D eigenvalue weighted by Crippen LogP contribution is 2.16. The molecule has 144 valence electrons. The van der Waals surface area contributed by atoms with Gasteiger partial charge in [0.2, 0.25) is 11.8 Å². The van der Waals surface area contributed by atoms with Crippen LogP contribution in [0, 0.1) is 5.92 Å². The standard InChI is InChI=1S/C18H28N4O4/c1-12(2)10-19-18(25)21-17(24)13(3)22(4)11-16(23)20-14-7-6-8-15(9-14)26-5/h6-9,12-13H,10-11H2,1-5H3,(H,20,23)(H2,19,21,24,25)/t13-/m1/s1. The van der Waals surface area contributed by atoms with Gasteiger partial charge in [0.15, 0.2) is 0 Å². The minimum absolute atomic E-state index is 0.000586. The Morgan fingerprint density at radius 3 is 2.50 bits per heavy atom. The molecule has 26 heavy (non-hydrogen) atoms. The number of ether oxygens (including phenoxy) is 1. The van der Waals surface area contributed by atoms with E-state index in [1.165, 1.54) is 0 Å². The number of imide groups is 1. The maximum Gasteiger partial charge on any atom is 0.321 e. The number of methoxy groups -OCH3 is 1. The number of rotatable bonds is 8. The van der Waals surface area contributed by atoms with E-state index in [2.05, 4.69) is 16.0 Å². The summed E-state index contributed by atoms with van der Waals surface area (Å²) in [6.07, 6.45) is 0. The molecule has 1 rings (SSSR count). The Labute approximate surface area is 154 Å². The molecule has 1 aromatic rings. The van der Waals surface area contributed by atoms with Gasteiger partial charge in [-0.05, 0) is 32.0 Å². The summed E-state index contributed by atoms with van der Waals surface area (Å²) in [5.74, 6) is 0.181. The second-order valence-corrected chi connectivity index (χ2v) is 6.46. The summed E-state index contributed by atoms with van der Waals surface area (Å²) < 4.78 is 5.11. The first kappa shape index (κ1) is 21.4. The van der Waals surface area contributed by atoms with Crippen LogP contribution in [0.3, 0.4) is 0 Å². The van der Waals surface area contributed by atoms with Crippen LogP contribution in [0.4, 0.5) is 10.5 Å². The normalized spacial score (nSPS) is 11.8. The number of hydrogen-bond donors (Lipinski definition) is 3. The number of amides is 4. The van der Waals surface area contributed by atoms with E-state index < -0.39 is 18.0 Å². The van der Waals surface area contributed by atoms with E-state index in [1.54, 1.807) is 50.2 Å². The van der Waals surface area contributed by atoms with E-state index in [4.69, 9.17) is 4.74 Å². The molecule has 8 heteroatoms. The van der Waals surface area contributed by atoms with Crippen molar-refractivity contribution in [3.05, 3.63) is 24.3 Å². The topological polar surface area (TPSA) is 99.8 Å². The highest BCUT2D eigenvalue weighted by molar-refractivity contribution is 5.97. The van der Waals surface area contributed by atoms with Crippen molar-refractivity contribution in [3.8, 4) is 5.75 Å². The van der Waals surface area contributed by atoms with Crippen molar-refractivity contribution in [2.45, 2.75) is 26.8 Å². The van der Waals surface area contributed by atoms with E-state index in [1.807, 2.05) is 13.8 Å². The molecule has 0 aromatic heterocycles. The van der Waals surface area contributed by atoms with Gasteiger partial charge in [0, 0.05) is 18.3 Å². The van der Waals surface area contributed by atoms with Crippen LogP contribution in [-0.4, -0.2) is 56.0 Å². The first-order chi connectivity index (χ1) is 12.2. The zero-order valence-corrected chi connectivity index (χ0v) is 16.0. The summed E-state index contributed by atoms with van der Waals surface area (Å²) in [6.45, 7) is 6.02. The van der Waals surface area contributed by atoms with Gasteiger partial charge in [-0.25, -0.2) is 4.79 Å². The van der Waals surface area contributed by atoms with Crippen molar-refractivity contribution in [2.75, 3.05) is 32.6 Å². The van der Waals surface area contributed by atoms with Crippen molar-refractivity contribution in [2.24, 2.45) is 5.92 Å². The molecule has 0 aliphatic carbocycles. The third-order valence-corrected chi connectivity index (χ3v) is 3.69. The number of carbonyl (C=O) groups excluding carboxylic acids is 3. The van der Waals surface area contributed by atoms with Gasteiger partial charge in [0.1, 0.15) is 5.75 Å². The first-order valence-electron chi connectivity index (χ1n) is 8.45. The average molecular weight is 364 g/mol. The maximum atomic E-state index is 12.1. The van der Waals surface area contributed by atoms with Gasteiger partial charge in [-0.3, -0.25) is 19.8 Å². The Hall–Kier alpha value is -2.61. The van der Waals surface area contributed by atoms with Crippen molar-refractivity contribution < 1.29 is 19.1 Å². The molecule has 0 fully saturated rings. The molecular formula is C18H28N4O4. The largest absolute Gasteiger partial charge is 0.497 e. The van der Waals surface area contributed by atoms with Crippen LogP contribution in [-0.2, 0) is 9.59 Å². The van der Waals surface area contributed by atoms with E-state index in [9.17, 15) is 14.4 Å². The number of hydrogen-bond acceptors (Lipinski definition) is 5. The van der Waals surface area contributed by atoms with Gasteiger partial charge in [-0.15, -0.1) is 0 Å². The predicted octanol–water partition coefficient (Wildman–Crippen LogP) is 1.44. The van der Waals surface area contributed by atoms with Crippen LogP contribution in [0.25, 0.3) is 0 Å². The zero-order valence-electron chi connectivity index (χ0n) is 16.0. The van der Waals surface area contributed by atoms with Gasteiger partial charge < -0.3 is 15.4 Å². The molecule has 1 atom stereocenters. The Balaban J connectivity index is 2.49. The second kappa shape index (κ2) is 10.4. The molecule has 8 nitrogen and oxygen atoms in total. The number of carbonyl (C=O) groups is 3. The van der Waals surface area contributed by atoms with Crippen LogP contribution >= 0.6 is 0 Å². The lowest BCUT2D eigenvalue weighted by Crippen LogP contribution is -2.50. The molecule has 0 heterocycles. The Morgan fingerprint density at radius 1 is 1.19 bits per heavy atom. The van der Waals surface area contributed by atoms with Gasteiger partial charge in [-0.2, -0.15) is 0 Å². The summed E-state index contributed by atoms with van der Waals surface area (Å²) in [7, 11) is 3.19. The molecular weight excluding hydrogens is 336 g/mol. The fourth-order valence-electron chi connectivity index (χ4n) is 2.02. The second-order valence-electron chi connectivity index (χ2n) is 6.46. The van der Waals surface area contributed by atoms with E-state index in [0.717, 1.165) is 0 Å². The van der Waals surface area contributed by atoms with E-state index >= 15 is 0 Å². The summed E-state index contributed by atoms with van der Waals surface area (Å²) in [4.78, 5) is 37.5. The number of benzene rings is 1. The molecule has 0 aliphatic rings. The first-order valence-corrected chi connectivity index (χ1v) is 8.45. The third kappa shape index (κ3) is 7.52. The van der Waals surface area contributed by atoms with Crippen LogP contribution in [0.2, 0.25) is 0 Å². The number of likely N-dealkylation sites (N-methyl/N-ethyl adjacent to an activating group) is 1. The lowest BCUT2D eigenvalue weighted by atomic mass is 10.2. The smallest absolute Gasteiger partial charge is 0.321 e. The number of anilines is 1. The number of nitrogens with one attached hydrogen (secondary N) is 3. The molecule has 3 N–H and O–H groups in total. The average Bonchev–Trinajstić information content (AvgIpc) is 2.59. The fraction of sp³-hybridized carbons (Fsp3) is 0.500. The van der Waals surface area contributed by atoms with Crippen LogP contribution in [0.15, 0.2) is 24.3 Å². The van der Waals surface area contributed by atoms with Crippen LogP contribution in [0.1, 0.15) is 20.8 Å². The molecule has 1 aromatic carbocycles. The Morgan fingerprint density at radius 2 is 1.88 bits per heavy atom. The SMILES string of the molecule is COc1cccc(NC(=O)CN(C)[C@H](C)C(=O)NC(=O)NCC(C)C)c1. The van der Waals surface area contributed by atoms with Crippen molar-refractivity contribution in [3.63, 3.8) is 0 Å². The summed E-state index contributed by atoms with van der Waals surface area (Å²) >= 11 is 0. The highest BCUT2D eigenvalue weighted by atomic mass is 16.5. The monoisotopic (exact) mass is 364 g/mol. The molecule has 0 bridgehead atoms. The van der Waals surface area contributed by atoms with Crippen LogP contribution < -0.4 is 20.7 Å². The summed E-state index contributed by atoms with van der Waals surface area (Å²) in [6, 6.07) is 5.81. The van der Waals surface area contributed by atoms with Gasteiger partial charge in [0.25, 0.3) is 0 Å². The van der Waals surface area contributed by atoms with Crippen molar-refractivity contribution >= 4 is 23.5 Å². The van der Waals surface area contributed by atoms with E-state index in [0.29, 0.717) is 18.0 Å². The molecule has 0 unspecified atom stereocenters. The summed E-state index contributed by atoms with van der Waals surface area (Å²) in [5, 5.41) is 7.63. The Bertz CT molecular complexity index is 633. The molecule has 4 amide bonds. The molecule has 0 saturated carbocycles. The van der Waals surface area contributed by atoms with Gasteiger partial charge >= 0.3 is 6.03 Å². The lowest BCUT2D eigenvalue weighted by Gasteiger charge is -2.23.